The Morgan fingerprint density at radius 3 is 2.92 bits per heavy atom. The van der Waals surface area contributed by atoms with Crippen LogP contribution in [0.5, 0.6) is 0 Å². The highest BCUT2D eigenvalue weighted by Gasteiger charge is 2.19. The molecule has 2 N–H and O–H groups in total. The largest absolute Gasteiger partial charge is 0.352 e. The van der Waals surface area contributed by atoms with Crippen molar-refractivity contribution in [3.05, 3.63) is 27.6 Å². The molecule has 1 aliphatic carbocycles. The number of thioether (sulfide) groups is 1. The Kier molecular flexibility index (Phi) is 5.94. The highest BCUT2D eigenvalue weighted by Crippen LogP contribution is 2.20. The van der Waals surface area contributed by atoms with Crippen molar-refractivity contribution in [2.24, 2.45) is 0 Å². The van der Waals surface area contributed by atoms with E-state index in [-0.39, 0.29) is 16.7 Å². The van der Waals surface area contributed by atoms with Gasteiger partial charge in [-0.05, 0) is 31.2 Å². The van der Waals surface area contributed by atoms with E-state index in [4.69, 9.17) is 0 Å². The Labute approximate surface area is 149 Å². The van der Waals surface area contributed by atoms with Gasteiger partial charge in [-0.1, -0.05) is 25.7 Å². The SMILES string of the molecule is C[C@H](SCc1nc2ccsc2c(=O)[nH]1)C(=O)NC1CCCCCC1. The van der Waals surface area contributed by atoms with Crippen LogP contribution in [0.15, 0.2) is 16.2 Å². The summed E-state index contributed by atoms with van der Waals surface area (Å²) < 4.78 is 0.655. The Hall–Kier alpha value is -1.34. The summed E-state index contributed by atoms with van der Waals surface area (Å²) in [5.74, 6) is 1.25. The van der Waals surface area contributed by atoms with Crippen molar-refractivity contribution in [1.82, 2.24) is 15.3 Å². The van der Waals surface area contributed by atoms with Gasteiger partial charge in [0, 0.05) is 6.04 Å². The van der Waals surface area contributed by atoms with E-state index in [9.17, 15) is 9.59 Å². The molecule has 24 heavy (non-hydrogen) atoms. The zero-order valence-corrected chi connectivity index (χ0v) is 15.5. The van der Waals surface area contributed by atoms with Gasteiger partial charge >= 0.3 is 0 Å². The minimum absolute atomic E-state index is 0.0888. The summed E-state index contributed by atoms with van der Waals surface area (Å²) in [6, 6.07) is 2.18. The van der Waals surface area contributed by atoms with Gasteiger partial charge in [0.2, 0.25) is 5.91 Å². The maximum absolute atomic E-state index is 12.4. The number of nitrogens with zero attached hydrogens (tertiary/aromatic N) is 1. The van der Waals surface area contributed by atoms with Gasteiger partial charge in [-0.15, -0.1) is 23.1 Å². The normalized spacial score (nSPS) is 17.5. The van der Waals surface area contributed by atoms with Gasteiger partial charge in [-0.25, -0.2) is 4.98 Å². The third kappa shape index (κ3) is 4.39. The van der Waals surface area contributed by atoms with Gasteiger partial charge < -0.3 is 10.3 Å². The number of thiophene rings is 1. The number of aromatic amines is 1. The Balaban J connectivity index is 1.54. The summed E-state index contributed by atoms with van der Waals surface area (Å²) in [4.78, 5) is 31.6. The number of fused-ring (bicyclic) bond motifs is 1. The second kappa shape index (κ2) is 8.16. The van der Waals surface area contributed by atoms with Crippen LogP contribution in [0, 0.1) is 0 Å². The number of amides is 1. The molecular formula is C17H23N3O2S2. The lowest BCUT2D eigenvalue weighted by molar-refractivity contribution is -0.121. The van der Waals surface area contributed by atoms with Crippen LogP contribution >= 0.6 is 23.1 Å². The summed E-state index contributed by atoms with van der Waals surface area (Å²) in [6.45, 7) is 1.91. The molecule has 3 rings (SSSR count). The highest BCUT2D eigenvalue weighted by atomic mass is 32.2. The fraction of sp³-hybridized carbons (Fsp3) is 0.588. The Bertz CT molecular complexity index is 748. The molecule has 2 aromatic heterocycles. The lowest BCUT2D eigenvalue weighted by Gasteiger charge is -2.19. The maximum atomic E-state index is 12.4. The van der Waals surface area contributed by atoms with Crippen molar-refractivity contribution >= 4 is 39.2 Å². The van der Waals surface area contributed by atoms with Crippen LogP contribution < -0.4 is 10.9 Å². The zero-order chi connectivity index (χ0) is 16.9. The zero-order valence-electron chi connectivity index (χ0n) is 13.8. The van der Waals surface area contributed by atoms with E-state index < -0.39 is 0 Å². The maximum Gasteiger partial charge on any atom is 0.268 e. The van der Waals surface area contributed by atoms with Crippen molar-refractivity contribution < 1.29 is 4.79 Å². The summed E-state index contributed by atoms with van der Waals surface area (Å²) in [5, 5.41) is 4.89. The van der Waals surface area contributed by atoms with Crippen LogP contribution in [0.4, 0.5) is 0 Å². The van der Waals surface area contributed by atoms with Crippen molar-refractivity contribution in [1.29, 1.82) is 0 Å². The van der Waals surface area contributed by atoms with E-state index in [1.54, 1.807) is 0 Å². The third-order valence-electron chi connectivity index (χ3n) is 4.40. The molecule has 7 heteroatoms. The molecule has 1 saturated carbocycles. The summed E-state index contributed by atoms with van der Waals surface area (Å²) >= 11 is 2.91. The molecule has 5 nitrogen and oxygen atoms in total. The topological polar surface area (TPSA) is 74.8 Å². The lowest BCUT2D eigenvalue weighted by atomic mass is 10.1. The van der Waals surface area contributed by atoms with Crippen molar-refractivity contribution in [3.8, 4) is 0 Å². The fourth-order valence-corrected chi connectivity index (χ4v) is 4.50. The number of carbonyl (C=O) groups is 1. The van der Waals surface area contributed by atoms with Gasteiger partial charge in [-0.2, -0.15) is 0 Å². The number of aromatic nitrogens is 2. The van der Waals surface area contributed by atoms with Crippen LogP contribution in [0.25, 0.3) is 10.2 Å². The molecule has 0 radical (unpaired) electrons. The number of H-pyrrole nitrogens is 1. The first kappa shape index (κ1) is 17.5. The smallest absolute Gasteiger partial charge is 0.268 e. The predicted octanol–water partition coefficient (Wildman–Crippen LogP) is 3.45. The molecule has 130 valence electrons. The van der Waals surface area contributed by atoms with E-state index >= 15 is 0 Å². The molecule has 1 fully saturated rings. The molecule has 0 aromatic carbocycles. The highest BCUT2D eigenvalue weighted by molar-refractivity contribution is 7.99. The minimum Gasteiger partial charge on any atom is -0.352 e. The quantitative estimate of drug-likeness (QED) is 0.796. The van der Waals surface area contributed by atoms with Gasteiger partial charge in [0.15, 0.2) is 0 Å². The summed E-state index contributed by atoms with van der Waals surface area (Å²) in [6.07, 6.45) is 7.15. The molecule has 0 unspecified atom stereocenters. The van der Waals surface area contributed by atoms with Crippen molar-refractivity contribution in [2.45, 2.75) is 62.5 Å². The molecule has 2 heterocycles. The van der Waals surface area contributed by atoms with Crippen molar-refractivity contribution in [3.63, 3.8) is 0 Å². The minimum atomic E-state index is -0.156. The first-order valence-corrected chi connectivity index (χ1v) is 10.4. The van der Waals surface area contributed by atoms with Gasteiger partial charge in [0.1, 0.15) is 10.5 Å². The number of hydrogen-bond acceptors (Lipinski definition) is 5. The van der Waals surface area contributed by atoms with Crippen molar-refractivity contribution in [2.75, 3.05) is 0 Å². The fourth-order valence-electron chi connectivity index (χ4n) is 3.01. The first-order chi connectivity index (χ1) is 11.6. The molecule has 0 saturated heterocycles. The van der Waals surface area contributed by atoms with Gasteiger partial charge in [0.05, 0.1) is 16.5 Å². The monoisotopic (exact) mass is 365 g/mol. The molecule has 0 bridgehead atoms. The van der Waals surface area contributed by atoms with E-state index in [1.165, 1.54) is 48.8 Å². The molecule has 1 amide bonds. The summed E-state index contributed by atoms with van der Waals surface area (Å²) in [5.41, 5.74) is 0.635. The Morgan fingerprint density at radius 2 is 2.17 bits per heavy atom. The van der Waals surface area contributed by atoms with E-state index in [0.29, 0.717) is 22.3 Å². The van der Waals surface area contributed by atoms with E-state index in [1.807, 2.05) is 18.4 Å². The molecule has 0 aliphatic heterocycles. The average molecular weight is 366 g/mol. The van der Waals surface area contributed by atoms with Gasteiger partial charge in [-0.3, -0.25) is 9.59 Å². The molecule has 2 aromatic rings. The lowest BCUT2D eigenvalue weighted by Crippen LogP contribution is -2.39. The van der Waals surface area contributed by atoms with Crippen LogP contribution in [0.2, 0.25) is 0 Å². The first-order valence-electron chi connectivity index (χ1n) is 8.52. The third-order valence-corrected chi connectivity index (χ3v) is 6.46. The molecule has 1 aliphatic rings. The van der Waals surface area contributed by atoms with Crippen LogP contribution in [0.3, 0.4) is 0 Å². The van der Waals surface area contributed by atoms with Crippen LogP contribution in [-0.2, 0) is 10.5 Å². The number of nitrogens with one attached hydrogen (secondary N) is 2. The summed E-state index contributed by atoms with van der Waals surface area (Å²) in [7, 11) is 0. The second-order valence-electron chi connectivity index (χ2n) is 6.30. The number of hydrogen-bond donors (Lipinski definition) is 2. The molecule has 0 spiro atoms. The van der Waals surface area contributed by atoms with Crippen LogP contribution in [0.1, 0.15) is 51.3 Å². The van der Waals surface area contributed by atoms with Gasteiger partial charge in [0.25, 0.3) is 5.56 Å². The number of carbonyl (C=O) groups excluding carboxylic acids is 1. The van der Waals surface area contributed by atoms with E-state index in [2.05, 4.69) is 15.3 Å². The predicted molar refractivity (Wildman–Crippen MR) is 101 cm³/mol. The molecule has 1 atom stereocenters. The average Bonchev–Trinajstić information content (AvgIpc) is 2.90. The standard InChI is InChI=1S/C17H23N3O2S2/c1-11(16(21)18-12-6-4-2-3-5-7-12)24-10-14-19-13-8-9-23-15(13)17(22)20-14/h8-9,11-12H,2-7,10H2,1H3,(H,18,21)(H,19,20,22)/t11-/m0/s1. The molecular weight excluding hydrogens is 342 g/mol. The second-order valence-corrected chi connectivity index (χ2v) is 8.54. The van der Waals surface area contributed by atoms with E-state index in [0.717, 1.165) is 18.4 Å². The Morgan fingerprint density at radius 1 is 1.42 bits per heavy atom. The number of rotatable bonds is 5. The van der Waals surface area contributed by atoms with Crippen LogP contribution in [-0.4, -0.2) is 27.2 Å².